The lowest BCUT2D eigenvalue weighted by Crippen LogP contribution is -2.19. The van der Waals surface area contributed by atoms with E-state index >= 15 is 0 Å². The van der Waals surface area contributed by atoms with E-state index in [1.807, 2.05) is 72.8 Å². The van der Waals surface area contributed by atoms with Crippen molar-refractivity contribution in [3.8, 4) is 5.75 Å². The number of aliphatic imine (C=N–C) groups is 1. The summed E-state index contributed by atoms with van der Waals surface area (Å²) in [6, 6.07) is 25.8. The SMILES string of the molecule is CCc1ccc(N=C2NC(=O)/C(=C/c3ccccc3OCc3ccccc3)S2)cc1. The number of para-hydroxylation sites is 1. The standard InChI is InChI=1S/C25H22N2O2S/c1-2-18-12-14-21(15-13-18)26-25-27-24(28)23(30-25)16-20-10-6-7-11-22(20)29-17-19-8-4-3-5-9-19/h3-16H,2,17H2,1H3,(H,26,27,28)/b23-16-. The van der Waals surface area contributed by atoms with Crippen molar-refractivity contribution in [2.75, 3.05) is 0 Å². The summed E-state index contributed by atoms with van der Waals surface area (Å²) in [5, 5.41) is 3.43. The molecule has 1 amide bonds. The van der Waals surface area contributed by atoms with Crippen molar-refractivity contribution >= 4 is 34.6 Å². The normalized spacial score (nSPS) is 16.1. The van der Waals surface area contributed by atoms with Gasteiger partial charge >= 0.3 is 0 Å². The van der Waals surface area contributed by atoms with E-state index in [9.17, 15) is 4.79 Å². The van der Waals surface area contributed by atoms with Crippen molar-refractivity contribution in [3.63, 3.8) is 0 Å². The first kappa shape index (κ1) is 20.0. The van der Waals surface area contributed by atoms with Gasteiger partial charge in [-0.1, -0.05) is 67.6 Å². The quantitative estimate of drug-likeness (QED) is 0.525. The first-order chi connectivity index (χ1) is 14.7. The lowest BCUT2D eigenvalue weighted by atomic mass is 10.2. The van der Waals surface area contributed by atoms with Crippen LogP contribution in [0.4, 0.5) is 5.69 Å². The molecular weight excluding hydrogens is 392 g/mol. The third-order valence-corrected chi connectivity index (χ3v) is 5.58. The molecule has 1 aliphatic heterocycles. The summed E-state index contributed by atoms with van der Waals surface area (Å²) in [4.78, 5) is 17.6. The molecule has 0 radical (unpaired) electrons. The zero-order valence-electron chi connectivity index (χ0n) is 16.7. The fourth-order valence-electron chi connectivity index (χ4n) is 3.01. The van der Waals surface area contributed by atoms with Gasteiger partial charge in [0.2, 0.25) is 0 Å². The monoisotopic (exact) mass is 414 g/mol. The summed E-state index contributed by atoms with van der Waals surface area (Å²) in [6.07, 6.45) is 2.84. The summed E-state index contributed by atoms with van der Waals surface area (Å²) < 4.78 is 6.00. The highest BCUT2D eigenvalue weighted by Gasteiger charge is 2.24. The molecule has 1 heterocycles. The number of hydrogen-bond acceptors (Lipinski definition) is 4. The number of benzene rings is 3. The number of nitrogens with one attached hydrogen (secondary N) is 1. The third kappa shape index (κ3) is 4.99. The molecule has 0 atom stereocenters. The smallest absolute Gasteiger partial charge is 0.264 e. The van der Waals surface area contributed by atoms with Gasteiger partial charge in [0.05, 0.1) is 10.6 Å². The Hall–Kier alpha value is -3.31. The van der Waals surface area contributed by atoms with E-state index in [1.54, 1.807) is 0 Å². The minimum absolute atomic E-state index is 0.151. The topological polar surface area (TPSA) is 50.7 Å². The molecule has 1 fully saturated rings. The molecule has 1 aliphatic rings. The van der Waals surface area contributed by atoms with E-state index in [0.29, 0.717) is 16.7 Å². The van der Waals surface area contributed by atoms with E-state index in [1.165, 1.54) is 17.3 Å². The highest BCUT2D eigenvalue weighted by atomic mass is 32.2. The highest BCUT2D eigenvalue weighted by Crippen LogP contribution is 2.31. The van der Waals surface area contributed by atoms with Crippen LogP contribution < -0.4 is 10.1 Å². The largest absolute Gasteiger partial charge is 0.488 e. The van der Waals surface area contributed by atoms with Crippen molar-refractivity contribution in [1.29, 1.82) is 0 Å². The molecule has 0 spiro atoms. The number of aryl methyl sites for hydroxylation is 1. The first-order valence-electron chi connectivity index (χ1n) is 9.85. The number of thioether (sulfide) groups is 1. The second-order valence-electron chi connectivity index (χ2n) is 6.81. The van der Waals surface area contributed by atoms with Gasteiger partial charge in [0.1, 0.15) is 12.4 Å². The number of ether oxygens (including phenoxy) is 1. The van der Waals surface area contributed by atoms with Crippen LogP contribution >= 0.6 is 11.8 Å². The van der Waals surface area contributed by atoms with Crippen LogP contribution in [0.25, 0.3) is 6.08 Å². The third-order valence-electron chi connectivity index (χ3n) is 4.67. The van der Waals surface area contributed by atoms with Gasteiger partial charge in [0.15, 0.2) is 5.17 Å². The molecule has 0 bridgehead atoms. The summed E-state index contributed by atoms with van der Waals surface area (Å²) in [7, 11) is 0. The van der Waals surface area contributed by atoms with Crippen molar-refractivity contribution in [3.05, 3.63) is 100 Å². The van der Waals surface area contributed by atoms with Gasteiger partial charge in [-0.25, -0.2) is 4.99 Å². The molecule has 1 saturated heterocycles. The van der Waals surface area contributed by atoms with Gasteiger partial charge in [0.25, 0.3) is 5.91 Å². The van der Waals surface area contributed by atoms with E-state index in [2.05, 4.69) is 29.4 Å². The second kappa shape index (κ2) is 9.46. The fourth-order valence-corrected chi connectivity index (χ4v) is 3.84. The number of nitrogens with zero attached hydrogens (tertiary/aromatic N) is 1. The number of carbonyl (C=O) groups is 1. The maximum atomic E-state index is 12.4. The molecule has 4 nitrogen and oxygen atoms in total. The van der Waals surface area contributed by atoms with E-state index < -0.39 is 0 Å². The molecule has 30 heavy (non-hydrogen) atoms. The van der Waals surface area contributed by atoms with Gasteiger partial charge in [0, 0.05) is 5.56 Å². The molecule has 5 heteroatoms. The van der Waals surface area contributed by atoms with Gasteiger partial charge in [-0.15, -0.1) is 0 Å². The van der Waals surface area contributed by atoms with Crippen molar-refractivity contribution < 1.29 is 9.53 Å². The minimum atomic E-state index is -0.151. The van der Waals surface area contributed by atoms with E-state index in [4.69, 9.17) is 4.74 Å². The molecule has 4 rings (SSSR count). The minimum Gasteiger partial charge on any atom is -0.488 e. The lowest BCUT2D eigenvalue weighted by Gasteiger charge is -2.09. The molecule has 150 valence electrons. The van der Waals surface area contributed by atoms with E-state index in [0.717, 1.165) is 29.0 Å². The molecule has 1 N–H and O–H groups in total. The summed E-state index contributed by atoms with van der Waals surface area (Å²) >= 11 is 1.34. The fraction of sp³-hybridized carbons (Fsp3) is 0.120. The zero-order valence-corrected chi connectivity index (χ0v) is 17.5. The van der Waals surface area contributed by atoms with Crippen molar-refractivity contribution in [2.45, 2.75) is 20.0 Å². The Bertz CT molecular complexity index is 1090. The van der Waals surface area contributed by atoms with Crippen LogP contribution in [0, 0.1) is 0 Å². The first-order valence-corrected chi connectivity index (χ1v) is 10.7. The van der Waals surface area contributed by atoms with Crippen LogP contribution in [0.1, 0.15) is 23.6 Å². The second-order valence-corrected chi connectivity index (χ2v) is 7.84. The maximum Gasteiger partial charge on any atom is 0.264 e. The van der Waals surface area contributed by atoms with Crippen molar-refractivity contribution in [1.82, 2.24) is 5.32 Å². The van der Waals surface area contributed by atoms with Gasteiger partial charge in [-0.05, 0) is 53.6 Å². The predicted octanol–water partition coefficient (Wildman–Crippen LogP) is 5.72. The van der Waals surface area contributed by atoms with Gasteiger partial charge in [-0.2, -0.15) is 0 Å². The summed E-state index contributed by atoms with van der Waals surface area (Å²) in [5.41, 5.74) is 4.04. The Kier molecular flexibility index (Phi) is 6.30. The highest BCUT2D eigenvalue weighted by molar-refractivity contribution is 8.18. The van der Waals surface area contributed by atoms with Gasteiger partial charge < -0.3 is 10.1 Å². The van der Waals surface area contributed by atoms with Crippen molar-refractivity contribution in [2.24, 2.45) is 4.99 Å². The average Bonchev–Trinajstić information content (AvgIpc) is 3.13. The maximum absolute atomic E-state index is 12.4. The van der Waals surface area contributed by atoms with E-state index in [-0.39, 0.29) is 5.91 Å². The molecule has 3 aromatic rings. The van der Waals surface area contributed by atoms with Crippen LogP contribution in [0.3, 0.4) is 0 Å². The molecule has 0 saturated carbocycles. The Morgan fingerprint density at radius 3 is 2.43 bits per heavy atom. The Balaban J connectivity index is 1.50. The number of amidine groups is 1. The van der Waals surface area contributed by atoms with Crippen LogP contribution in [0.15, 0.2) is 88.8 Å². The number of hydrogen-bond donors (Lipinski definition) is 1. The predicted molar refractivity (Wildman–Crippen MR) is 124 cm³/mol. The van der Waals surface area contributed by atoms with Crippen LogP contribution in [0.5, 0.6) is 5.75 Å². The Morgan fingerprint density at radius 1 is 0.933 bits per heavy atom. The Morgan fingerprint density at radius 2 is 1.67 bits per heavy atom. The summed E-state index contributed by atoms with van der Waals surface area (Å²) in [5.74, 6) is 0.588. The number of carbonyl (C=O) groups excluding carboxylic acids is 1. The molecular formula is C25H22N2O2S. The molecule has 3 aromatic carbocycles. The lowest BCUT2D eigenvalue weighted by molar-refractivity contribution is -0.115. The van der Waals surface area contributed by atoms with Gasteiger partial charge in [-0.3, -0.25) is 4.79 Å². The molecule has 0 unspecified atom stereocenters. The Labute approximate surface area is 180 Å². The summed E-state index contributed by atoms with van der Waals surface area (Å²) in [6.45, 7) is 2.59. The average molecular weight is 415 g/mol. The zero-order chi connectivity index (χ0) is 20.8. The van der Waals surface area contributed by atoms with Crippen LogP contribution in [-0.2, 0) is 17.8 Å². The number of rotatable bonds is 6. The molecule has 0 aromatic heterocycles. The van der Waals surface area contributed by atoms with Crippen LogP contribution in [-0.4, -0.2) is 11.1 Å². The number of amides is 1. The van der Waals surface area contributed by atoms with Crippen LogP contribution in [0.2, 0.25) is 0 Å². The molecule has 0 aliphatic carbocycles.